The van der Waals surface area contributed by atoms with E-state index in [4.69, 9.17) is 4.74 Å². The first-order valence-electron chi connectivity index (χ1n) is 6.65. The van der Waals surface area contributed by atoms with E-state index >= 15 is 0 Å². The van der Waals surface area contributed by atoms with E-state index in [2.05, 4.69) is 0 Å². The lowest BCUT2D eigenvalue weighted by atomic mass is 9.83. The van der Waals surface area contributed by atoms with Crippen molar-refractivity contribution in [1.82, 2.24) is 4.90 Å². The van der Waals surface area contributed by atoms with Crippen LogP contribution in [0.3, 0.4) is 0 Å². The first-order chi connectivity index (χ1) is 8.12. The fourth-order valence-corrected chi connectivity index (χ4v) is 3.74. The molecule has 0 N–H and O–H groups in total. The molecule has 3 fully saturated rings. The maximum Gasteiger partial charge on any atom is 0.309 e. The minimum Gasteiger partial charge on any atom is -0.457 e. The van der Waals surface area contributed by atoms with Crippen LogP contribution < -0.4 is 0 Å². The summed E-state index contributed by atoms with van der Waals surface area (Å²) >= 11 is 0. The molecular formula is C13H19NO3. The van der Waals surface area contributed by atoms with Crippen LogP contribution in [0.1, 0.15) is 45.4 Å². The molecule has 3 heterocycles. The Morgan fingerprint density at radius 2 is 2.18 bits per heavy atom. The highest BCUT2D eigenvalue weighted by molar-refractivity contribution is 5.80. The van der Waals surface area contributed by atoms with E-state index in [9.17, 15) is 9.59 Å². The van der Waals surface area contributed by atoms with Gasteiger partial charge in [-0.05, 0) is 25.7 Å². The highest BCUT2D eigenvalue weighted by Gasteiger charge is 2.55. The molecule has 3 saturated heterocycles. The monoisotopic (exact) mass is 237 g/mol. The summed E-state index contributed by atoms with van der Waals surface area (Å²) < 4.78 is 5.71. The predicted molar refractivity (Wildman–Crippen MR) is 61.2 cm³/mol. The number of fused-ring (bicyclic) bond motifs is 2. The van der Waals surface area contributed by atoms with Crippen LogP contribution in [0.15, 0.2) is 0 Å². The van der Waals surface area contributed by atoms with Crippen molar-refractivity contribution >= 4 is 11.9 Å². The Kier molecular flexibility index (Phi) is 2.42. The summed E-state index contributed by atoms with van der Waals surface area (Å²) in [6, 6.07) is 0.145. The molecule has 4 nitrogen and oxygen atoms in total. The van der Waals surface area contributed by atoms with Crippen LogP contribution in [0.5, 0.6) is 0 Å². The number of amides is 1. The molecule has 0 unspecified atom stereocenters. The number of hydrogen-bond acceptors (Lipinski definition) is 3. The summed E-state index contributed by atoms with van der Waals surface area (Å²) in [6.07, 6.45) is 5.30. The second-order valence-corrected chi connectivity index (χ2v) is 5.69. The van der Waals surface area contributed by atoms with E-state index < -0.39 is 0 Å². The Bertz CT molecular complexity index is 368. The Morgan fingerprint density at radius 1 is 1.35 bits per heavy atom. The highest BCUT2D eigenvalue weighted by Crippen LogP contribution is 2.45. The van der Waals surface area contributed by atoms with Gasteiger partial charge in [0.1, 0.15) is 5.60 Å². The number of hydrogen-bond donors (Lipinski definition) is 0. The molecule has 0 aromatic carbocycles. The molecule has 0 aliphatic carbocycles. The van der Waals surface area contributed by atoms with Gasteiger partial charge in [0.25, 0.3) is 0 Å². The molecule has 3 aliphatic heterocycles. The number of ether oxygens (including phenoxy) is 1. The van der Waals surface area contributed by atoms with E-state index in [0.717, 1.165) is 38.6 Å². The average Bonchev–Trinajstić information content (AvgIpc) is 2.71. The summed E-state index contributed by atoms with van der Waals surface area (Å²) in [5.41, 5.74) is -0.362. The largest absolute Gasteiger partial charge is 0.457 e. The Morgan fingerprint density at radius 3 is 2.88 bits per heavy atom. The third-order valence-electron chi connectivity index (χ3n) is 4.54. The van der Waals surface area contributed by atoms with Gasteiger partial charge in [0.2, 0.25) is 5.91 Å². The first-order valence-corrected chi connectivity index (χ1v) is 6.65. The molecule has 3 rings (SSSR count). The van der Waals surface area contributed by atoms with E-state index in [-0.39, 0.29) is 29.4 Å². The minimum absolute atomic E-state index is 0.00866. The SMILES string of the molecule is C[C@H]1C[C@]2(CCCCN3C(=O)CC[C@@H]32)OC1=O. The van der Waals surface area contributed by atoms with Gasteiger partial charge in [-0.1, -0.05) is 6.92 Å². The zero-order valence-electron chi connectivity index (χ0n) is 10.3. The second-order valence-electron chi connectivity index (χ2n) is 5.69. The van der Waals surface area contributed by atoms with E-state index in [1.54, 1.807) is 0 Å². The lowest BCUT2D eigenvalue weighted by Gasteiger charge is -2.36. The number of rotatable bonds is 0. The maximum absolute atomic E-state index is 11.8. The zero-order chi connectivity index (χ0) is 12.0. The predicted octanol–water partition coefficient (Wildman–Crippen LogP) is 1.48. The molecule has 94 valence electrons. The number of carbonyl (C=O) groups excluding carboxylic acids is 2. The quantitative estimate of drug-likeness (QED) is 0.600. The maximum atomic E-state index is 11.8. The summed E-state index contributed by atoms with van der Waals surface area (Å²) in [5, 5.41) is 0. The van der Waals surface area contributed by atoms with Crippen LogP contribution >= 0.6 is 0 Å². The molecule has 3 aliphatic rings. The molecule has 0 aromatic heterocycles. The van der Waals surface area contributed by atoms with E-state index in [0.29, 0.717) is 6.42 Å². The molecule has 0 saturated carbocycles. The van der Waals surface area contributed by atoms with Crippen LogP contribution in [-0.2, 0) is 14.3 Å². The third kappa shape index (κ3) is 1.57. The van der Waals surface area contributed by atoms with Gasteiger partial charge in [0.15, 0.2) is 0 Å². The standard InChI is InChI=1S/C13H19NO3/c1-9-8-13(17-12(9)16)6-2-3-7-14-10(13)4-5-11(14)15/h9-10H,2-8H2,1H3/t9-,10+,13-/m0/s1. The van der Waals surface area contributed by atoms with Gasteiger partial charge in [-0.2, -0.15) is 0 Å². The molecular weight excluding hydrogens is 218 g/mol. The van der Waals surface area contributed by atoms with Crippen molar-refractivity contribution in [1.29, 1.82) is 0 Å². The first kappa shape index (κ1) is 11.1. The van der Waals surface area contributed by atoms with Gasteiger partial charge in [0, 0.05) is 19.4 Å². The molecule has 0 radical (unpaired) electrons. The lowest BCUT2D eigenvalue weighted by Crippen LogP contribution is -2.49. The molecule has 1 amide bonds. The van der Waals surface area contributed by atoms with Gasteiger partial charge in [0.05, 0.1) is 12.0 Å². The van der Waals surface area contributed by atoms with Gasteiger partial charge in [-0.15, -0.1) is 0 Å². The molecule has 3 atom stereocenters. The lowest BCUT2D eigenvalue weighted by molar-refractivity contribution is -0.156. The van der Waals surface area contributed by atoms with Crippen molar-refractivity contribution in [3.63, 3.8) is 0 Å². The number of carbonyl (C=O) groups is 2. The molecule has 4 heteroatoms. The van der Waals surface area contributed by atoms with Crippen molar-refractivity contribution in [2.75, 3.05) is 6.54 Å². The van der Waals surface area contributed by atoms with Gasteiger partial charge >= 0.3 is 5.97 Å². The van der Waals surface area contributed by atoms with Crippen LogP contribution in [0, 0.1) is 5.92 Å². The van der Waals surface area contributed by atoms with Crippen molar-refractivity contribution in [2.45, 2.75) is 57.1 Å². The third-order valence-corrected chi connectivity index (χ3v) is 4.54. The molecule has 0 aromatic rings. The molecule has 17 heavy (non-hydrogen) atoms. The summed E-state index contributed by atoms with van der Waals surface area (Å²) in [7, 11) is 0. The normalized spacial score (nSPS) is 41.6. The van der Waals surface area contributed by atoms with Crippen LogP contribution in [-0.4, -0.2) is 35.0 Å². The summed E-state index contributed by atoms with van der Waals surface area (Å²) in [6.45, 7) is 2.78. The van der Waals surface area contributed by atoms with Crippen molar-refractivity contribution in [2.24, 2.45) is 5.92 Å². The molecule has 1 spiro atoms. The summed E-state index contributed by atoms with van der Waals surface area (Å²) in [5.74, 6) is 0.156. The zero-order valence-corrected chi connectivity index (χ0v) is 10.3. The minimum atomic E-state index is -0.362. The van der Waals surface area contributed by atoms with Crippen LogP contribution in [0.4, 0.5) is 0 Å². The fourth-order valence-electron chi connectivity index (χ4n) is 3.74. The number of esters is 1. The van der Waals surface area contributed by atoms with Crippen LogP contribution in [0.2, 0.25) is 0 Å². The van der Waals surface area contributed by atoms with Crippen LogP contribution in [0.25, 0.3) is 0 Å². The smallest absolute Gasteiger partial charge is 0.309 e. The highest BCUT2D eigenvalue weighted by atomic mass is 16.6. The summed E-state index contributed by atoms with van der Waals surface area (Å²) in [4.78, 5) is 25.5. The number of nitrogens with zero attached hydrogens (tertiary/aromatic N) is 1. The van der Waals surface area contributed by atoms with Gasteiger partial charge < -0.3 is 9.64 Å². The Labute approximate surface area is 101 Å². The van der Waals surface area contributed by atoms with Crippen molar-refractivity contribution in [3.8, 4) is 0 Å². The fraction of sp³-hybridized carbons (Fsp3) is 0.846. The van der Waals surface area contributed by atoms with Gasteiger partial charge in [-0.3, -0.25) is 9.59 Å². The van der Waals surface area contributed by atoms with E-state index in [1.807, 2.05) is 11.8 Å². The topological polar surface area (TPSA) is 46.6 Å². The van der Waals surface area contributed by atoms with Gasteiger partial charge in [-0.25, -0.2) is 0 Å². The molecule has 0 bridgehead atoms. The Balaban J connectivity index is 1.92. The second kappa shape index (κ2) is 3.72. The Hall–Kier alpha value is -1.06. The van der Waals surface area contributed by atoms with E-state index in [1.165, 1.54) is 0 Å². The van der Waals surface area contributed by atoms with Crippen molar-refractivity contribution in [3.05, 3.63) is 0 Å². The van der Waals surface area contributed by atoms with Crippen molar-refractivity contribution < 1.29 is 14.3 Å². The average molecular weight is 237 g/mol.